The van der Waals surface area contributed by atoms with E-state index in [4.69, 9.17) is 9.47 Å². The average Bonchev–Trinajstić information content (AvgIpc) is 3.62. The highest BCUT2D eigenvalue weighted by atomic mass is 16.6. The Morgan fingerprint density at radius 2 is 1.87 bits per heavy atom. The first-order valence-corrected chi connectivity index (χ1v) is 10.8. The van der Waals surface area contributed by atoms with Crippen LogP contribution in [0.25, 0.3) is 6.08 Å². The number of nitrogens with zero attached hydrogens (tertiary/aromatic N) is 1. The Labute approximate surface area is 181 Å². The quantitative estimate of drug-likeness (QED) is 0.797. The normalized spacial score (nSPS) is 20.0. The highest BCUT2D eigenvalue weighted by molar-refractivity contribution is 5.82. The maximum atomic E-state index is 13.2. The molecule has 2 heterocycles. The summed E-state index contributed by atoms with van der Waals surface area (Å²) in [6.07, 6.45) is 6.10. The van der Waals surface area contributed by atoms with Crippen molar-refractivity contribution >= 4 is 17.9 Å². The number of hydrogen-bond donors (Lipinski definition) is 1. The van der Waals surface area contributed by atoms with Crippen LogP contribution in [0.1, 0.15) is 55.0 Å². The predicted molar refractivity (Wildman–Crippen MR) is 116 cm³/mol. The van der Waals surface area contributed by atoms with E-state index in [0.29, 0.717) is 19.1 Å². The summed E-state index contributed by atoms with van der Waals surface area (Å²) in [6, 6.07) is 13.5. The smallest absolute Gasteiger partial charge is 0.223 e. The molecule has 1 fully saturated rings. The van der Waals surface area contributed by atoms with Crippen LogP contribution in [0.4, 0.5) is 0 Å². The molecule has 2 atom stereocenters. The van der Waals surface area contributed by atoms with Crippen LogP contribution in [0.15, 0.2) is 48.7 Å². The van der Waals surface area contributed by atoms with Crippen LogP contribution in [0.5, 0.6) is 11.5 Å². The minimum atomic E-state index is -0.307. The molecular weight excluding hydrogens is 392 g/mol. The van der Waals surface area contributed by atoms with Gasteiger partial charge in [0.25, 0.3) is 0 Å². The molecule has 2 aliphatic heterocycles. The van der Waals surface area contributed by atoms with Crippen LogP contribution < -0.4 is 14.8 Å². The van der Waals surface area contributed by atoms with Gasteiger partial charge in [0.15, 0.2) is 11.5 Å². The van der Waals surface area contributed by atoms with E-state index < -0.39 is 0 Å². The third-order valence-corrected chi connectivity index (χ3v) is 6.18. The van der Waals surface area contributed by atoms with Crippen molar-refractivity contribution in [3.8, 4) is 11.5 Å². The Kier molecular flexibility index (Phi) is 5.14. The van der Waals surface area contributed by atoms with Crippen molar-refractivity contribution in [2.24, 2.45) is 5.92 Å². The first-order chi connectivity index (χ1) is 15.1. The molecule has 2 amide bonds. The van der Waals surface area contributed by atoms with Gasteiger partial charge in [-0.3, -0.25) is 9.59 Å². The van der Waals surface area contributed by atoms with Crippen LogP contribution in [0.3, 0.4) is 0 Å². The maximum Gasteiger partial charge on any atom is 0.223 e. The summed E-state index contributed by atoms with van der Waals surface area (Å²) in [7, 11) is 0. The van der Waals surface area contributed by atoms with Gasteiger partial charge in [0.05, 0.1) is 18.5 Å². The Balaban J connectivity index is 1.36. The van der Waals surface area contributed by atoms with Crippen molar-refractivity contribution in [2.75, 3.05) is 13.2 Å². The van der Waals surface area contributed by atoms with E-state index in [1.54, 1.807) is 11.1 Å². The topological polar surface area (TPSA) is 67.9 Å². The number of ether oxygens (including phenoxy) is 2. The van der Waals surface area contributed by atoms with Gasteiger partial charge >= 0.3 is 0 Å². The lowest BCUT2D eigenvalue weighted by atomic mass is 9.93. The molecule has 6 nitrogen and oxygen atoms in total. The number of benzene rings is 2. The third kappa shape index (κ3) is 4.02. The minimum Gasteiger partial charge on any atom is -0.486 e. The average molecular weight is 418 g/mol. The summed E-state index contributed by atoms with van der Waals surface area (Å²) in [6.45, 7) is 2.62. The summed E-state index contributed by atoms with van der Waals surface area (Å²) < 4.78 is 11.4. The molecule has 3 aliphatic rings. The van der Waals surface area contributed by atoms with Crippen molar-refractivity contribution in [3.63, 3.8) is 0 Å². The Morgan fingerprint density at radius 1 is 1.10 bits per heavy atom. The Morgan fingerprint density at radius 3 is 2.65 bits per heavy atom. The molecule has 2 aromatic carbocycles. The van der Waals surface area contributed by atoms with Gasteiger partial charge in [-0.2, -0.15) is 0 Å². The van der Waals surface area contributed by atoms with E-state index in [2.05, 4.69) is 5.32 Å². The maximum absolute atomic E-state index is 13.2. The highest BCUT2D eigenvalue weighted by Crippen LogP contribution is 2.43. The van der Waals surface area contributed by atoms with Crippen molar-refractivity contribution < 1.29 is 19.1 Å². The van der Waals surface area contributed by atoms with Gasteiger partial charge in [0.1, 0.15) is 13.2 Å². The molecular formula is C25H26N2O4. The lowest BCUT2D eigenvalue weighted by molar-refractivity contribution is -0.130. The fraction of sp³-hybridized carbons (Fsp3) is 0.360. The summed E-state index contributed by atoms with van der Waals surface area (Å²) >= 11 is 0. The van der Waals surface area contributed by atoms with Gasteiger partial charge in [0, 0.05) is 13.1 Å². The lowest BCUT2D eigenvalue weighted by Gasteiger charge is -2.33. The first-order valence-electron chi connectivity index (χ1n) is 10.8. The van der Waals surface area contributed by atoms with Crippen molar-refractivity contribution in [1.82, 2.24) is 10.2 Å². The van der Waals surface area contributed by atoms with Crippen molar-refractivity contribution in [3.05, 3.63) is 65.4 Å². The summed E-state index contributed by atoms with van der Waals surface area (Å²) in [5, 5.41) is 3.24. The largest absolute Gasteiger partial charge is 0.486 e. The number of amides is 2. The number of rotatable bonds is 5. The summed E-state index contributed by atoms with van der Waals surface area (Å²) in [4.78, 5) is 27.0. The summed E-state index contributed by atoms with van der Waals surface area (Å²) in [5.74, 6) is 1.77. The van der Waals surface area contributed by atoms with Crippen LogP contribution >= 0.6 is 0 Å². The van der Waals surface area contributed by atoms with Crippen LogP contribution in [-0.4, -0.2) is 29.9 Å². The molecule has 160 valence electrons. The second-order valence-corrected chi connectivity index (χ2v) is 8.38. The number of carbonyl (C=O) groups excluding carboxylic acids is 2. The minimum absolute atomic E-state index is 0.0619. The monoisotopic (exact) mass is 418 g/mol. The zero-order chi connectivity index (χ0) is 21.4. The van der Waals surface area contributed by atoms with E-state index in [0.717, 1.165) is 41.0 Å². The lowest BCUT2D eigenvalue weighted by Crippen LogP contribution is -2.37. The molecule has 31 heavy (non-hydrogen) atoms. The molecule has 2 unspecified atom stereocenters. The molecule has 1 aliphatic carbocycles. The fourth-order valence-electron chi connectivity index (χ4n) is 4.48. The molecule has 5 rings (SSSR count). The SMILES string of the molecule is CC(=O)N1C=Cc2ccccc2C1CC(=O)NC(c1ccc2c(c1)OCCO2)C1CC1. The second-order valence-electron chi connectivity index (χ2n) is 8.38. The zero-order valence-electron chi connectivity index (χ0n) is 17.5. The molecule has 1 N–H and O–H groups in total. The van der Waals surface area contributed by atoms with E-state index in [-0.39, 0.29) is 30.3 Å². The molecule has 1 saturated carbocycles. The van der Waals surface area contributed by atoms with Crippen LogP contribution in [0, 0.1) is 5.92 Å². The Hall–Kier alpha value is -3.28. The zero-order valence-corrected chi connectivity index (χ0v) is 17.5. The highest BCUT2D eigenvalue weighted by Gasteiger charge is 2.35. The number of hydrogen-bond acceptors (Lipinski definition) is 4. The van der Waals surface area contributed by atoms with E-state index in [1.165, 1.54) is 6.92 Å². The van der Waals surface area contributed by atoms with Gasteiger partial charge in [-0.25, -0.2) is 0 Å². The van der Waals surface area contributed by atoms with E-state index >= 15 is 0 Å². The van der Waals surface area contributed by atoms with Crippen molar-refractivity contribution in [2.45, 2.75) is 38.3 Å². The number of carbonyl (C=O) groups is 2. The molecule has 6 heteroatoms. The van der Waals surface area contributed by atoms with Gasteiger partial charge in [-0.15, -0.1) is 0 Å². The molecule has 2 aromatic rings. The Bertz CT molecular complexity index is 1040. The number of nitrogens with one attached hydrogen (secondary N) is 1. The standard InChI is InChI=1S/C25H26N2O4/c1-16(28)27-11-10-17-4-2-3-5-20(17)21(27)15-24(29)26-25(18-6-7-18)19-8-9-22-23(14-19)31-13-12-30-22/h2-5,8-11,14,18,21,25H,6-7,12-13,15H2,1H3,(H,26,29). The van der Waals surface area contributed by atoms with Gasteiger partial charge in [0.2, 0.25) is 11.8 Å². The number of fused-ring (bicyclic) bond motifs is 2. The van der Waals surface area contributed by atoms with Gasteiger partial charge in [-0.05, 0) is 53.7 Å². The van der Waals surface area contributed by atoms with Gasteiger partial charge < -0.3 is 19.7 Å². The van der Waals surface area contributed by atoms with E-state index in [1.807, 2.05) is 48.5 Å². The second kappa shape index (κ2) is 8.10. The first kappa shape index (κ1) is 19.7. The third-order valence-electron chi connectivity index (χ3n) is 6.18. The molecule has 0 spiro atoms. The van der Waals surface area contributed by atoms with Crippen LogP contribution in [0.2, 0.25) is 0 Å². The predicted octanol–water partition coefficient (Wildman–Crippen LogP) is 3.99. The van der Waals surface area contributed by atoms with Gasteiger partial charge in [-0.1, -0.05) is 30.3 Å². The molecule has 0 bridgehead atoms. The fourth-order valence-corrected chi connectivity index (χ4v) is 4.48. The van der Waals surface area contributed by atoms with Crippen molar-refractivity contribution in [1.29, 1.82) is 0 Å². The summed E-state index contributed by atoms with van der Waals surface area (Å²) in [5.41, 5.74) is 3.08. The van der Waals surface area contributed by atoms with Crippen LogP contribution in [-0.2, 0) is 9.59 Å². The molecule has 0 radical (unpaired) electrons. The molecule has 0 saturated heterocycles. The molecule has 0 aromatic heterocycles. The van der Waals surface area contributed by atoms with E-state index in [9.17, 15) is 9.59 Å².